The molecule has 0 saturated carbocycles. The summed E-state index contributed by atoms with van der Waals surface area (Å²) in [5.74, 6) is 1.74. The minimum absolute atomic E-state index is 0.0916. The van der Waals surface area contributed by atoms with Gasteiger partial charge in [-0.25, -0.2) is 15.0 Å². The van der Waals surface area contributed by atoms with Gasteiger partial charge in [-0.2, -0.15) is 5.26 Å². The molecule has 8 aromatic rings. The van der Waals surface area contributed by atoms with E-state index in [0.29, 0.717) is 23.0 Å². The summed E-state index contributed by atoms with van der Waals surface area (Å²) in [5.41, 5.74) is 15.5. The van der Waals surface area contributed by atoms with Crippen molar-refractivity contribution in [3.63, 3.8) is 0 Å². The summed E-state index contributed by atoms with van der Waals surface area (Å²) in [6, 6.07) is 61.1. The molecule has 4 heteroatoms. The van der Waals surface area contributed by atoms with Gasteiger partial charge >= 0.3 is 0 Å². The molecule has 1 aromatic heterocycles. The molecule has 4 nitrogen and oxygen atoms in total. The van der Waals surface area contributed by atoms with E-state index in [9.17, 15) is 5.26 Å². The van der Waals surface area contributed by atoms with Gasteiger partial charge in [-0.15, -0.1) is 0 Å². The lowest BCUT2D eigenvalue weighted by Crippen LogP contribution is -2.15. The molecule has 0 amide bonds. The molecule has 9 rings (SSSR count). The van der Waals surface area contributed by atoms with Gasteiger partial charge in [0.05, 0.1) is 11.6 Å². The van der Waals surface area contributed by atoms with Crippen LogP contribution in [-0.4, -0.2) is 15.0 Å². The van der Waals surface area contributed by atoms with E-state index in [1.54, 1.807) is 12.1 Å². The van der Waals surface area contributed by atoms with Crippen LogP contribution in [0.4, 0.5) is 0 Å². The van der Waals surface area contributed by atoms with Crippen molar-refractivity contribution in [2.24, 2.45) is 0 Å². The summed E-state index contributed by atoms with van der Waals surface area (Å²) in [5, 5.41) is 9.33. The number of hydrogen-bond acceptors (Lipinski definition) is 4. The van der Waals surface area contributed by atoms with E-state index in [1.807, 2.05) is 48.5 Å². The van der Waals surface area contributed by atoms with Gasteiger partial charge in [0.1, 0.15) is 0 Å². The Morgan fingerprint density at radius 1 is 0.377 bits per heavy atom. The first-order valence-corrected chi connectivity index (χ1v) is 17.8. The first-order chi connectivity index (χ1) is 26.0. The monoisotopic (exact) mass is 678 g/mol. The van der Waals surface area contributed by atoms with Crippen molar-refractivity contribution >= 4 is 0 Å². The Morgan fingerprint density at radius 3 is 1.55 bits per heavy atom. The molecule has 1 aliphatic rings. The molecule has 7 aromatic carbocycles. The topological polar surface area (TPSA) is 62.5 Å². The van der Waals surface area contributed by atoms with Gasteiger partial charge in [0.2, 0.25) is 0 Å². The third-order valence-corrected chi connectivity index (χ3v) is 10.4. The van der Waals surface area contributed by atoms with Gasteiger partial charge in [0.15, 0.2) is 17.5 Å². The number of aromatic nitrogens is 3. The van der Waals surface area contributed by atoms with E-state index in [0.717, 1.165) is 27.8 Å². The zero-order valence-electron chi connectivity index (χ0n) is 29.5. The largest absolute Gasteiger partial charge is 0.208 e. The number of benzene rings is 7. The predicted molar refractivity (Wildman–Crippen MR) is 215 cm³/mol. The zero-order valence-corrected chi connectivity index (χ0v) is 29.5. The van der Waals surface area contributed by atoms with Gasteiger partial charge in [-0.3, -0.25) is 0 Å². The second-order valence-corrected chi connectivity index (χ2v) is 14.0. The molecule has 0 radical (unpaired) electrons. The minimum Gasteiger partial charge on any atom is -0.208 e. The van der Waals surface area contributed by atoms with Crippen LogP contribution in [0.5, 0.6) is 0 Å². The molecule has 0 N–H and O–H groups in total. The lowest BCUT2D eigenvalue weighted by atomic mass is 9.80. The number of nitriles is 1. The van der Waals surface area contributed by atoms with Crippen LogP contribution in [0, 0.1) is 11.3 Å². The van der Waals surface area contributed by atoms with Gasteiger partial charge in [-0.05, 0) is 98.1 Å². The lowest BCUT2D eigenvalue weighted by molar-refractivity contribution is 0.660. The second-order valence-electron chi connectivity index (χ2n) is 14.0. The maximum Gasteiger partial charge on any atom is 0.164 e. The molecule has 0 unspecified atom stereocenters. The minimum atomic E-state index is -0.0916. The predicted octanol–water partition coefficient (Wildman–Crippen LogP) is 12.1. The van der Waals surface area contributed by atoms with Crippen molar-refractivity contribution in [1.29, 1.82) is 5.26 Å². The van der Waals surface area contributed by atoms with E-state index in [1.165, 1.54) is 44.5 Å². The molecule has 0 bridgehead atoms. The summed E-state index contributed by atoms with van der Waals surface area (Å²) >= 11 is 0. The highest BCUT2D eigenvalue weighted by Crippen LogP contribution is 2.51. The summed E-state index contributed by atoms with van der Waals surface area (Å²) in [6.45, 7) is 4.67. The first kappa shape index (κ1) is 32.0. The molecule has 0 atom stereocenters. The lowest BCUT2D eigenvalue weighted by Gasteiger charge is -2.23. The Balaban J connectivity index is 1.11. The van der Waals surface area contributed by atoms with Crippen molar-refractivity contribution in [2.75, 3.05) is 0 Å². The van der Waals surface area contributed by atoms with Crippen LogP contribution in [0.15, 0.2) is 170 Å². The quantitative estimate of drug-likeness (QED) is 0.176. The Hall–Kier alpha value is -6.96. The maximum atomic E-state index is 9.33. The van der Waals surface area contributed by atoms with E-state index >= 15 is 0 Å². The smallest absolute Gasteiger partial charge is 0.164 e. The molecule has 0 spiro atoms. The Morgan fingerprint density at radius 2 is 0.868 bits per heavy atom. The van der Waals surface area contributed by atoms with Gasteiger partial charge < -0.3 is 0 Å². The Bertz CT molecular complexity index is 2670. The number of nitrogens with zero attached hydrogens (tertiary/aromatic N) is 4. The van der Waals surface area contributed by atoms with Crippen LogP contribution in [0.1, 0.15) is 30.5 Å². The highest BCUT2D eigenvalue weighted by atomic mass is 15.0. The fraction of sp³-hybridized carbons (Fsp3) is 0.0612. The Kier molecular flexibility index (Phi) is 7.83. The zero-order chi connectivity index (χ0) is 35.9. The van der Waals surface area contributed by atoms with Crippen LogP contribution in [0.3, 0.4) is 0 Å². The van der Waals surface area contributed by atoms with Crippen LogP contribution < -0.4 is 0 Å². The van der Waals surface area contributed by atoms with Crippen LogP contribution in [0.2, 0.25) is 0 Å². The Labute approximate surface area is 309 Å². The molecule has 53 heavy (non-hydrogen) atoms. The molecule has 0 saturated heterocycles. The molecule has 250 valence electrons. The molecule has 1 aliphatic carbocycles. The number of rotatable bonds is 6. The summed E-state index contributed by atoms with van der Waals surface area (Å²) in [6.07, 6.45) is 0. The van der Waals surface area contributed by atoms with Crippen LogP contribution >= 0.6 is 0 Å². The third kappa shape index (κ3) is 5.79. The average Bonchev–Trinajstić information content (AvgIpc) is 3.46. The van der Waals surface area contributed by atoms with Crippen molar-refractivity contribution in [3.8, 4) is 84.7 Å². The fourth-order valence-electron chi connectivity index (χ4n) is 7.57. The van der Waals surface area contributed by atoms with Crippen LogP contribution in [-0.2, 0) is 5.41 Å². The third-order valence-electron chi connectivity index (χ3n) is 10.4. The molecule has 1 heterocycles. The highest BCUT2D eigenvalue weighted by molar-refractivity contribution is 5.93. The van der Waals surface area contributed by atoms with Crippen molar-refractivity contribution in [2.45, 2.75) is 19.3 Å². The maximum absolute atomic E-state index is 9.33. The van der Waals surface area contributed by atoms with Crippen LogP contribution in [0.25, 0.3) is 78.7 Å². The number of fused-ring (bicyclic) bond motifs is 3. The fourth-order valence-corrected chi connectivity index (χ4v) is 7.57. The summed E-state index contributed by atoms with van der Waals surface area (Å²) in [4.78, 5) is 14.7. The van der Waals surface area contributed by atoms with E-state index < -0.39 is 0 Å². The van der Waals surface area contributed by atoms with E-state index in [4.69, 9.17) is 15.0 Å². The van der Waals surface area contributed by atoms with Crippen molar-refractivity contribution in [3.05, 3.63) is 187 Å². The number of hydrogen-bond donors (Lipinski definition) is 0. The molecular weight excluding hydrogens is 645 g/mol. The standard InChI is InChI=1S/C49H34N4/c1-49(2)44-19-10-9-18-40(44)43-29-41(34-12-5-3-6-13-34)42(30-45(43)49)35-26-24-33(25-27-35)38-16-11-17-39(28-38)48-52-46(36-14-7-4-8-15-36)51-47(53-48)37-22-20-32(31-50)21-23-37/h3-30H,1-2H3. The normalized spacial score (nSPS) is 12.5. The SMILES string of the molecule is CC1(C)c2ccccc2-c2cc(-c3ccccc3)c(-c3ccc(-c4cccc(-c5nc(-c6ccccc6)nc(-c6ccc(C#N)cc6)n5)c4)cc3)cc21. The first-order valence-electron chi connectivity index (χ1n) is 17.8. The van der Waals surface area contributed by atoms with E-state index in [2.05, 4.69) is 129 Å². The van der Waals surface area contributed by atoms with Gasteiger partial charge in [0, 0.05) is 22.1 Å². The van der Waals surface area contributed by atoms with Crippen molar-refractivity contribution in [1.82, 2.24) is 15.0 Å². The van der Waals surface area contributed by atoms with E-state index in [-0.39, 0.29) is 5.41 Å². The average molecular weight is 679 g/mol. The summed E-state index contributed by atoms with van der Waals surface area (Å²) < 4.78 is 0. The molecule has 0 aliphatic heterocycles. The summed E-state index contributed by atoms with van der Waals surface area (Å²) in [7, 11) is 0. The van der Waals surface area contributed by atoms with Crippen molar-refractivity contribution < 1.29 is 0 Å². The second kappa shape index (κ2) is 13.0. The van der Waals surface area contributed by atoms with Gasteiger partial charge in [0.25, 0.3) is 0 Å². The van der Waals surface area contributed by atoms with Gasteiger partial charge in [-0.1, -0.05) is 141 Å². The highest BCUT2D eigenvalue weighted by Gasteiger charge is 2.36. The molecule has 0 fully saturated rings. The molecular formula is C49H34N4.